The van der Waals surface area contributed by atoms with Crippen LogP contribution in [0, 0.1) is 6.92 Å². The van der Waals surface area contributed by atoms with Crippen molar-refractivity contribution in [3.63, 3.8) is 0 Å². The van der Waals surface area contributed by atoms with Gasteiger partial charge < -0.3 is 10.6 Å². The van der Waals surface area contributed by atoms with Crippen LogP contribution in [-0.2, 0) is 0 Å². The third kappa shape index (κ3) is 3.41. The Bertz CT molecular complexity index is 1080. The predicted octanol–water partition coefficient (Wildman–Crippen LogP) is 4.87. The first-order valence-corrected chi connectivity index (χ1v) is 8.40. The standard InChI is InChI=1S/C19H15ClN6/c1-12-10-14(20)7-8-15(12)23-17-11-22-26-19(25-17)24-16-6-2-4-13-5-3-9-21-18(13)16/h2-11H,1H3,(H2,23,24,25,26). The summed E-state index contributed by atoms with van der Waals surface area (Å²) in [5.74, 6) is 0.973. The van der Waals surface area contributed by atoms with Gasteiger partial charge in [-0.15, -0.1) is 5.10 Å². The minimum Gasteiger partial charge on any atom is -0.339 e. The van der Waals surface area contributed by atoms with Crippen molar-refractivity contribution in [2.24, 2.45) is 0 Å². The van der Waals surface area contributed by atoms with Gasteiger partial charge in [-0.2, -0.15) is 10.1 Å². The summed E-state index contributed by atoms with van der Waals surface area (Å²) >= 11 is 6.00. The van der Waals surface area contributed by atoms with Crippen LogP contribution in [0.5, 0.6) is 0 Å². The van der Waals surface area contributed by atoms with Crippen molar-refractivity contribution in [1.82, 2.24) is 20.2 Å². The molecule has 6 nitrogen and oxygen atoms in total. The monoisotopic (exact) mass is 362 g/mol. The highest BCUT2D eigenvalue weighted by Gasteiger charge is 2.07. The number of para-hydroxylation sites is 1. The number of hydrogen-bond donors (Lipinski definition) is 2. The normalized spacial score (nSPS) is 10.7. The molecule has 0 saturated carbocycles. The van der Waals surface area contributed by atoms with Crippen LogP contribution < -0.4 is 10.6 Å². The smallest absolute Gasteiger partial charge is 0.249 e. The SMILES string of the molecule is Cc1cc(Cl)ccc1Nc1cnnc(Nc2cccc3cccnc23)n1. The van der Waals surface area contributed by atoms with Crippen LogP contribution in [0.15, 0.2) is 60.9 Å². The lowest BCUT2D eigenvalue weighted by molar-refractivity contribution is 0.982. The van der Waals surface area contributed by atoms with E-state index in [-0.39, 0.29) is 0 Å². The summed E-state index contributed by atoms with van der Waals surface area (Å²) < 4.78 is 0. The minimum atomic E-state index is 0.389. The second-order valence-electron chi connectivity index (χ2n) is 5.76. The number of nitrogens with zero attached hydrogens (tertiary/aromatic N) is 4. The van der Waals surface area contributed by atoms with Gasteiger partial charge in [0.25, 0.3) is 0 Å². The van der Waals surface area contributed by atoms with Gasteiger partial charge in [0.15, 0.2) is 5.82 Å². The van der Waals surface area contributed by atoms with Crippen molar-refractivity contribution >= 4 is 45.6 Å². The van der Waals surface area contributed by atoms with Crippen LogP contribution in [0.1, 0.15) is 5.56 Å². The molecule has 7 heteroatoms. The average molecular weight is 363 g/mol. The molecule has 26 heavy (non-hydrogen) atoms. The second kappa shape index (κ2) is 6.93. The van der Waals surface area contributed by atoms with Gasteiger partial charge in [0.1, 0.15) is 0 Å². The zero-order chi connectivity index (χ0) is 17.9. The van der Waals surface area contributed by atoms with Crippen LogP contribution in [-0.4, -0.2) is 20.2 Å². The highest BCUT2D eigenvalue weighted by Crippen LogP contribution is 2.25. The maximum absolute atomic E-state index is 6.00. The molecule has 0 unspecified atom stereocenters. The fraction of sp³-hybridized carbons (Fsp3) is 0.0526. The maximum atomic E-state index is 6.00. The number of nitrogens with one attached hydrogen (secondary N) is 2. The molecule has 4 aromatic rings. The molecule has 0 atom stereocenters. The molecule has 0 saturated heterocycles. The summed E-state index contributed by atoms with van der Waals surface area (Å²) in [7, 11) is 0. The van der Waals surface area contributed by atoms with E-state index in [1.165, 1.54) is 0 Å². The van der Waals surface area contributed by atoms with Crippen molar-refractivity contribution in [3.8, 4) is 0 Å². The minimum absolute atomic E-state index is 0.389. The third-order valence-corrected chi connectivity index (χ3v) is 4.12. The largest absolute Gasteiger partial charge is 0.339 e. The molecular weight excluding hydrogens is 348 g/mol. The first kappa shape index (κ1) is 16.2. The maximum Gasteiger partial charge on any atom is 0.249 e. The van der Waals surface area contributed by atoms with E-state index in [9.17, 15) is 0 Å². The molecule has 0 aliphatic rings. The molecule has 4 rings (SSSR count). The lowest BCUT2D eigenvalue weighted by Crippen LogP contribution is -2.03. The summed E-state index contributed by atoms with van der Waals surface area (Å²) in [6.45, 7) is 1.98. The number of rotatable bonds is 4. The number of hydrogen-bond acceptors (Lipinski definition) is 6. The Labute approximate surface area is 155 Å². The van der Waals surface area contributed by atoms with Gasteiger partial charge in [-0.1, -0.05) is 29.8 Å². The fourth-order valence-electron chi connectivity index (χ4n) is 2.65. The number of anilines is 4. The van der Waals surface area contributed by atoms with E-state index in [1.54, 1.807) is 12.4 Å². The van der Waals surface area contributed by atoms with Gasteiger partial charge in [-0.25, -0.2) is 0 Å². The van der Waals surface area contributed by atoms with Crippen LogP contribution in [0.25, 0.3) is 10.9 Å². The molecule has 2 heterocycles. The summed E-state index contributed by atoms with van der Waals surface area (Å²) in [6, 6.07) is 15.4. The first-order valence-electron chi connectivity index (χ1n) is 8.03. The van der Waals surface area contributed by atoms with Gasteiger partial charge in [-0.3, -0.25) is 4.98 Å². The van der Waals surface area contributed by atoms with Crippen LogP contribution in [0.2, 0.25) is 5.02 Å². The predicted molar refractivity (Wildman–Crippen MR) is 104 cm³/mol. The fourth-order valence-corrected chi connectivity index (χ4v) is 2.87. The van der Waals surface area contributed by atoms with Gasteiger partial charge in [0.2, 0.25) is 5.95 Å². The number of aryl methyl sites for hydroxylation is 1. The molecule has 0 radical (unpaired) electrons. The molecule has 2 aromatic heterocycles. The van der Waals surface area contributed by atoms with E-state index in [4.69, 9.17) is 11.6 Å². The highest BCUT2D eigenvalue weighted by molar-refractivity contribution is 6.30. The van der Waals surface area contributed by atoms with Gasteiger partial charge in [-0.05, 0) is 42.8 Å². The van der Waals surface area contributed by atoms with Crippen molar-refractivity contribution < 1.29 is 0 Å². The average Bonchev–Trinajstić information content (AvgIpc) is 2.65. The van der Waals surface area contributed by atoms with Crippen molar-refractivity contribution in [2.45, 2.75) is 6.92 Å². The Balaban J connectivity index is 1.61. The van der Waals surface area contributed by atoms with Gasteiger partial charge in [0.05, 0.1) is 17.4 Å². The van der Waals surface area contributed by atoms with E-state index < -0.39 is 0 Å². The lowest BCUT2D eigenvalue weighted by Gasteiger charge is -2.10. The van der Waals surface area contributed by atoms with Crippen molar-refractivity contribution in [2.75, 3.05) is 10.6 Å². The quantitative estimate of drug-likeness (QED) is 0.539. The zero-order valence-corrected chi connectivity index (χ0v) is 14.7. The molecule has 0 amide bonds. The number of benzene rings is 2. The number of aromatic nitrogens is 4. The van der Waals surface area contributed by atoms with E-state index in [1.807, 2.05) is 55.5 Å². The summed E-state index contributed by atoms with van der Waals surface area (Å²) in [4.78, 5) is 8.90. The molecule has 2 N–H and O–H groups in total. The lowest BCUT2D eigenvalue weighted by atomic mass is 10.2. The van der Waals surface area contributed by atoms with E-state index in [2.05, 4.69) is 30.8 Å². The Morgan fingerprint density at radius 2 is 1.85 bits per heavy atom. The molecule has 2 aromatic carbocycles. The molecule has 0 bridgehead atoms. The van der Waals surface area contributed by atoms with Gasteiger partial charge in [0, 0.05) is 22.3 Å². The zero-order valence-electron chi connectivity index (χ0n) is 13.9. The topological polar surface area (TPSA) is 75.6 Å². The van der Waals surface area contributed by atoms with Crippen LogP contribution in [0.4, 0.5) is 23.1 Å². The van der Waals surface area contributed by atoms with E-state index in [0.717, 1.165) is 27.8 Å². The van der Waals surface area contributed by atoms with Crippen molar-refractivity contribution in [3.05, 3.63) is 71.5 Å². The van der Waals surface area contributed by atoms with E-state index >= 15 is 0 Å². The molecule has 0 aliphatic heterocycles. The summed E-state index contributed by atoms with van der Waals surface area (Å²) in [6.07, 6.45) is 3.33. The second-order valence-corrected chi connectivity index (χ2v) is 6.19. The number of halogens is 1. The number of fused-ring (bicyclic) bond motifs is 1. The van der Waals surface area contributed by atoms with Crippen LogP contribution in [0.3, 0.4) is 0 Å². The Hall–Kier alpha value is -3.25. The van der Waals surface area contributed by atoms with E-state index in [0.29, 0.717) is 16.8 Å². The third-order valence-electron chi connectivity index (χ3n) is 3.89. The first-order chi connectivity index (χ1) is 12.7. The molecule has 0 fully saturated rings. The van der Waals surface area contributed by atoms with Crippen molar-refractivity contribution in [1.29, 1.82) is 0 Å². The highest BCUT2D eigenvalue weighted by atomic mass is 35.5. The van der Waals surface area contributed by atoms with Crippen LogP contribution >= 0.6 is 11.6 Å². The summed E-state index contributed by atoms with van der Waals surface area (Å²) in [5, 5.41) is 16.2. The Kier molecular flexibility index (Phi) is 4.33. The molecule has 0 spiro atoms. The summed E-state index contributed by atoms with van der Waals surface area (Å²) in [5.41, 5.74) is 3.60. The molecular formula is C19H15ClN6. The molecule has 0 aliphatic carbocycles. The van der Waals surface area contributed by atoms with Gasteiger partial charge >= 0.3 is 0 Å². The number of pyridine rings is 1. The molecule has 128 valence electrons. The Morgan fingerprint density at radius 3 is 2.73 bits per heavy atom. The Morgan fingerprint density at radius 1 is 0.962 bits per heavy atom.